The molecule has 24 heavy (non-hydrogen) atoms. The Balaban J connectivity index is 3.18. The Hall–Kier alpha value is -3.15. The smallest absolute Gasteiger partial charge is 0.330 e. The van der Waals surface area contributed by atoms with Crippen LogP contribution < -0.4 is 0 Å². The summed E-state index contributed by atoms with van der Waals surface area (Å²) in [6, 6.07) is 5.27. The molecule has 0 spiro atoms. The van der Waals surface area contributed by atoms with Crippen LogP contribution in [0.2, 0.25) is 0 Å². The summed E-state index contributed by atoms with van der Waals surface area (Å²) in [4.78, 5) is 33.6. The average molecular weight is 330 g/mol. The predicted molar refractivity (Wildman–Crippen MR) is 89.6 cm³/mol. The van der Waals surface area contributed by atoms with E-state index in [2.05, 4.69) is 14.2 Å². The highest BCUT2D eigenvalue weighted by Crippen LogP contribution is 2.15. The summed E-state index contributed by atoms with van der Waals surface area (Å²) in [6.07, 6.45) is 8.52. The quantitative estimate of drug-likeness (QED) is 0.452. The molecule has 126 valence electrons. The molecule has 0 aliphatic carbocycles. The van der Waals surface area contributed by atoms with Crippen LogP contribution in [0.25, 0.3) is 18.2 Å². The first-order chi connectivity index (χ1) is 11.5. The van der Waals surface area contributed by atoms with Crippen LogP contribution in [-0.4, -0.2) is 39.2 Å². The van der Waals surface area contributed by atoms with Gasteiger partial charge in [0.1, 0.15) is 0 Å². The Morgan fingerprint density at radius 1 is 0.625 bits per heavy atom. The summed E-state index contributed by atoms with van der Waals surface area (Å²) in [5.74, 6) is -1.47. The van der Waals surface area contributed by atoms with E-state index < -0.39 is 17.9 Å². The molecule has 0 aromatic heterocycles. The first kappa shape index (κ1) is 18.9. The van der Waals surface area contributed by atoms with Gasteiger partial charge in [-0.05, 0) is 53.1 Å². The summed E-state index contributed by atoms with van der Waals surface area (Å²) in [7, 11) is 3.85. The van der Waals surface area contributed by atoms with Crippen LogP contribution in [0.1, 0.15) is 16.7 Å². The maximum absolute atomic E-state index is 11.2. The van der Waals surface area contributed by atoms with Crippen LogP contribution in [0.5, 0.6) is 0 Å². The normalized spacial score (nSPS) is 11.1. The number of carbonyl (C=O) groups is 3. The van der Waals surface area contributed by atoms with Crippen molar-refractivity contribution in [2.24, 2.45) is 0 Å². The molecule has 1 aromatic rings. The lowest BCUT2D eigenvalue weighted by Gasteiger charge is -2.02. The fourth-order valence-corrected chi connectivity index (χ4v) is 1.69. The Kier molecular flexibility index (Phi) is 7.70. The highest BCUT2D eigenvalue weighted by molar-refractivity contribution is 5.90. The van der Waals surface area contributed by atoms with Crippen LogP contribution in [0.4, 0.5) is 0 Å². The zero-order valence-electron chi connectivity index (χ0n) is 13.6. The van der Waals surface area contributed by atoms with Crippen molar-refractivity contribution in [3.8, 4) is 0 Å². The van der Waals surface area contributed by atoms with E-state index in [9.17, 15) is 14.4 Å². The van der Waals surface area contributed by atoms with Crippen LogP contribution in [0, 0.1) is 0 Å². The third kappa shape index (κ3) is 6.74. The molecule has 0 saturated heterocycles. The monoisotopic (exact) mass is 330 g/mol. The molecule has 6 heteroatoms. The van der Waals surface area contributed by atoms with Gasteiger partial charge in [0, 0.05) is 18.2 Å². The number of hydrogen-bond donors (Lipinski definition) is 0. The van der Waals surface area contributed by atoms with E-state index >= 15 is 0 Å². The summed E-state index contributed by atoms with van der Waals surface area (Å²) in [5.41, 5.74) is 2.07. The standard InChI is InChI=1S/C18H18O6/c1-22-16(19)7-4-13-10-14(5-8-17(20)23-2)12-15(11-13)6-9-18(21)24-3/h4-12H,1-3H3/b7-4+,8-5+,9-6+. The highest BCUT2D eigenvalue weighted by Gasteiger charge is 2.00. The van der Waals surface area contributed by atoms with Gasteiger partial charge in [-0.2, -0.15) is 0 Å². The zero-order valence-corrected chi connectivity index (χ0v) is 13.6. The number of hydrogen-bond acceptors (Lipinski definition) is 6. The van der Waals surface area contributed by atoms with E-state index in [4.69, 9.17) is 0 Å². The molecule has 0 atom stereocenters. The first-order valence-electron chi connectivity index (χ1n) is 6.91. The maximum atomic E-state index is 11.2. The van der Waals surface area contributed by atoms with Crippen molar-refractivity contribution >= 4 is 36.1 Å². The van der Waals surface area contributed by atoms with Crippen molar-refractivity contribution in [1.29, 1.82) is 0 Å². The Labute approximate surface area is 140 Å². The largest absolute Gasteiger partial charge is 0.466 e. The third-order valence-corrected chi connectivity index (χ3v) is 2.84. The summed E-state index contributed by atoms with van der Waals surface area (Å²) in [5, 5.41) is 0. The fourth-order valence-electron chi connectivity index (χ4n) is 1.69. The zero-order chi connectivity index (χ0) is 17.9. The van der Waals surface area contributed by atoms with Crippen molar-refractivity contribution in [2.45, 2.75) is 0 Å². The number of rotatable bonds is 6. The molecule has 0 N–H and O–H groups in total. The molecule has 1 aromatic carbocycles. The molecule has 6 nitrogen and oxygen atoms in total. The second-order valence-corrected chi connectivity index (χ2v) is 4.50. The van der Waals surface area contributed by atoms with Gasteiger partial charge in [-0.25, -0.2) is 14.4 Å². The third-order valence-electron chi connectivity index (χ3n) is 2.84. The minimum atomic E-state index is -0.489. The molecular formula is C18H18O6. The minimum absolute atomic E-state index is 0.489. The van der Waals surface area contributed by atoms with Crippen molar-refractivity contribution in [2.75, 3.05) is 21.3 Å². The van der Waals surface area contributed by atoms with E-state index in [0.29, 0.717) is 16.7 Å². The lowest BCUT2D eigenvalue weighted by atomic mass is 10.0. The van der Waals surface area contributed by atoms with Crippen molar-refractivity contribution < 1.29 is 28.6 Å². The summed E-state index contributed by atoms with van der Waals surface area (Å²) >= 11 is 0. The molecule has 0 aliphatic rings. The number of benzene rings is 1. The number of methoxy groups -OCH3 is 3. The highest BCUT2D eigenvalue weighted by atomic mass is 16.5. The lowest BCUT2D eigenvalue weighted by Crippen LogP contribution is -1.95. The molecule has 0 heterocycles. The first-order valence-corrected chi connectivity index (χ1v) is 6.91. The van der Waals surface area contributed by atoms with Crippen LogP contribution in [0.3, 0.4) is 0 Å². The molecule has 0 amide bonds. The van der Waals surface area contributed by atoms with Gasteiger partial charge in [-0.1, -0.05) is 0 Å². The number of ether oxygens (including phenoxy) is 3. The SMILES string of the molecule is COC(=O)/C=C/c1cc(/C=C/C(=O)OC)cc(/C=C/C(=O)OC)c1. The summed E-state index contributed by atoms with van der Waals surface area (Å²) in [6.45, 7) is 0. The number of carbonyl (C=O) groups excluding carboxylic acids is 3. The van der Waals surface area contributed by atoms with Gasteiger partial charge in [0.15, 0.2) is 0 Å². The molecule has 0 saturated carbocycles. The van der Waals surface area contributed by atoms with E-state index in [0.717, 1.165) is 0 Å². The van der Waals surface area contributed by atoms with Gasteiger partial charge in [0.2, 0.25) is 0 Å². The van der Waals surface area contributed by atoms with Crippen LogP contribution in [-0.2, 0) is 28.6 Å². The lowest BCUT2D eigenvalue weighted by molar-refractivity contribution is -0.135. The van der Waals surface area contributed by atoms with Gasteiger partial charge in [-0.15, -0.1) is 0 Å². The molecule has 0 radical (unpaired) electrons. The minimum Gasteiger partial charge on any atom is -0.466 e. The van der Waals surface area contributed by atoms with Crippen LogP contribution >= 0.6 is 0 Å². The average Bonchev–Trinajstić information content (AvgIpc) is 2.61. The Morgan fingerprint density at radius 2 is 0.875 bits per heavy atom. The molecular weight excluding hydrogens is 312 g/mol. The molecule has 0 bridgehead atoms. The van der Waals surface area contributed by atoms with Gasteiger partial charge in [0.05, 0.1) is 21.3 Å². The number of esters is 3. The van der Waals surface area contributed by atoms with E-state index in [1.54, 1.807) is 36.4 Å². The fraction of sp³-hybridized carbons (Fsp3) is 0.167. The van der Waals surface area contributed by atoms with E-state index in [-0.39, 0.29) is 0 Å². The Morgan fingerprint density at radius 3 is 1.08 bits per heavy atom. The van der Waals surface area contributed by atoms with Gasteiger partial charge in [0.25, 0.3) is 0 Å². The van der Waals surface area contributed by atoms with Gasteiger partial charge < -0.3 is 14.2 Å². The van der Waals surface area contributed by atoms with Gasteiger partial charge >= 0.3 is 17.9 Å². The molecule has 0 unspecified atom stereocenters. The Bertz CT molecular complexity index is 590. The topological polar surface area (TPSA) is 78.9 Å². The van der Waals surface area contributed by atoms with E-state index in [1.165, 1.54) is 39.6 Å². The van der Waals surface area contributed by atoms with Crippen molar-refractivity contribution in [1.82, 2.24) is 0 Å². The van der Waals surface area contributed by atoms with E-state index in [1.807, 2.05) is 0 Å². The van der Waals surface area contributed by atoms with Crippen molar-refractivity contribution in [3.05, 3.63) is 53.1 Å². The van der Waals surface area contributed by atoms with Crippen LogP contribution in [0.15, 0.2) is 36.4 Å². The van der Waals surface area contributed by atoms with Gasteiger partial charge in [-0.3, -0.25) is 0 Å². The second kappa shape index (κ2) is 9.78. The predicted octanol–water partition coefficient (Wildman–Crippen LogP) is 2.25. The maximum Gasteiger partial charge on any atom is 0.330 e. The molecule has 0 aliphatic heterocycles. The molecule has 1 rings (SSSR count). The summed E-state index contributed by atoms with van der Waals surface area (Å²) < 4.78 is 13.6. The van der Waals surface area contributed by atoms with Crippen molar-refractivity contribution in [3.63, 3.8) is 0 Å². The molecule has 0 fully saturated rings. The second-order valence-electron chi connectivity index (χ2n) is 4.50.